The van der Waals surface area contributed by atoms with Gasteiger partial charge in [-0.2, -0.15) is 18.4 Å². The highest BCUT2D eigenvalue weighted by molar-refractivity contribution is 5.84. The molecule has 39 heavy (non-hydrogen) atoms. The molecule has 0 saturated carbocycles. The molecule has 10 heteroatoms. The van der Waals surface area contributed by atoms with Gasteiger partial charge in [-0.15, -0.1) is 0 Å². The predicted octanol–water partition coefficient (Wildman–Crippen LogP) is 5.19. The van der Waals surface area contributed by atoms with Gasteiger partial charge in [-0.1, -0.05) is 5.92 Å². The molecule has 0 aliphatic carbocycles. The Hall–Kier alpha value is -3.60. The summed E-state index contributed by atoms with van der Waals surface area (Å²) in [5.74, 6) is 4.91. The molecule has 0 radical (unpaired) electrons. The summed E-state index contributed by atoms with van der Waals surface area (Å²) in [4.78, 5) is 6.56. The number of rotatable bonds is 7. The minimum absolute atomic E-state index is 0.0905. The standard InChI is InChI=1S/C29H32F4N6/c1-28(2,18-34)26-7-6-23(17-37-26)35-10-4-5-24-15-21-13-20(16-36-22-8-11-38(3)12-9-22)14-25(30)27(21)39(24)19-29(31,32)33/h6-7,13-15,17,22,35-36H,8-12,16,19H2,1-3H3. The predicted molar refractivity (Wildman–Crippen MR) is 144 cm³/mol. The first-order valence-electron chi connectivity index (χ1n) is 12.9. The first-order chi connectivity index (χ1) is 18.4. The third-order valence-corrected chi connectivity index (χ3v) is 6.94. The number of anilines is 1. The van der Waals surface area contributed by atoms with Gasteiger partial charge in [-0.05, 0) is 88.6 Å². The molecule has 1 fully saturated rings. The minimum atomic E-state index is -4.54. The molecule has 0 atom stereocenters. The summed E-state index contributed by atoms with van der Waals surface area (Å²) in [6.07, 6.45) is -0.969. The Kier molecular flexibility index (Phi) is 8.48. The Morgan fingerprint density at radius 3 is 2.51 bits per heavy atom. The average molecular weight is 541 g/mol. The number of benzene rings is 1. The van der Waals surface area contributed by atoms with Crippen molar-refractivity contribution in [2.45, 2.75) is 57.4 Å². The molecule has 2 aromatic heterocycles. The Morgan fingerprint density at radius 1 is 1.13 bits per heavy atom. The second-order valence-corrected chi connectivity index (χ2v) is 10.5. The van der Waals surface area contributed by atoms with Crippen molar-refractivity contribution in [3.63, 3.8) is 0 Å². The fourth-order valence-electron chi connectivity index (χ4n) is 4.65. The summed E-state index contributed by atoms with van der Waals surface area (Å²) in [6, 6.07) is 10.6. The van der Waals surface area contributed by atoms with E-state index in [-0.39, 0.29) is 17.8 Å². The molecule has 3 heterocycles. The van der Waals surface area contributed by atoms with Crippen LogP contribution in [0.4, 0.5) is 23.2 Å². The molecule has 0 amide bonds. The van der Waals surface area contributed by atoms with Crippen LogP contribution in [0.15, 0.2) is 36.5 Å². The molecule has 3 aromatic rings. The fraction of sp³-hybridized carbons (Fsp3) is 0.448. The van der Waals surface area contributed by atoms with Crippen LogP contribution < -0.4 is 10.6 Å². The number of hydrogen-bond acceptors (Lipinski definition) is 5. The molecule has 0 spiro atoms. The number of nitrogens with zero attached hydrogens (tertiary/aromatic N) is 4. The normalized spacial score (nSPS) is 15.1. The van der Waals surface area contributed by atoms with E-state index in [1.165, 1.54) is 12.1 Å². The van der Waals surface area contributed by atoms with Crippen LogP contribution in [0.2, 0.25) is 0 Å². The van der Waals surface area contributed by atoms with Crippen molar-refractivity contribution in [2.24, 2.45) is 0 Å². The van der Waals surface area contributed by atoms with Crippen LogP contribution in [-0.2, 0) is 18.5 Å². The fourth-order valence-corrected chi connectivity index (χ4v) is 4.65. The van der Waals surface area contributed by atoms with Gasteiger partial charge < -0.3 is 20.1 Å². The zero-order valence-corrected chi connectivity index (χ0v) is 22.3. The van der Waals surface area contributed by atoms with E-state index in [0.29, 0.717) is 34.9 Å². The molecule has 206 valence electrons. The lowest BCUT2D eigenvalue weighted by atomic mass is 9.91. The van der Waals surface area contributed by atoms with E-state index in [0.717, 1.165) is 30.5 Å². The lowest BCUT2D eigenvalue weighted by molar-refractivity contribution is -0.140. The smallest absolute Gasteiger partial charge is 0.373 e. The highest BCUT2D eigenvalue weighted by atomic mass is 19.4. The quantitative estimate of drug-likeness (QED) is 0.319. The molecule has 0 bridgehead atoms. The maximum atomic E-state index is 15.2. The second-order valence-electron chi connectivity index (χ2n) is 10.5. The molecular weight excluding hydrogens is 508 g/mol. The Balaban J connectivity index is 1.51. The van der Waals surface area contributed by atoms with Crippen molar-refractivity contribution < 1.29 is 17.6 Å². The molecule has 1 aliphatic rings. The van der Waals surface area contributed by atoms with E-state index in [9.17, 15) is 18.4 Å². The largest absolute Gasteiger partial charge is 0.406 e. The van der Waals surface area contributed by atoms with Crippen LogP contribution in [0.3, 0.4) is 0 Å². The van der Waals surface area contributed by atoms with E-state index >= 15 is 4.39 Å². The molecule has 0 unspecified atom stereocenters. The van der Waals surface area contributed by atoms with E-state index in [1.54, 1.807) is 38.2 Å². The number of fused-ring (bicyclic) bond motifs is 1. The number of halogens is 4. The molecule has 6 nitrogen and oxygen atoms in total. The van der Waals surface area contributed by atoms with Gasteiger partial charge in [0.1, 0.15) is 12.4 Å². The van der Waals surface area contributed by atoms with Gasteiger partial charge in [0.15, 0.2) is 0 Å². The van der Waals surface area contributed by atoms with Crippen molar-refractivity contribution in [1.82, 2.24) is 19.8 Å². The van der Waals surface area contributed by atoms with Gasteiger partial charge in [0.2, 0.25) is 0 Å². The van der Waals surface area contributed by atoms with Crippen molar-refractivity contribution in [3.8, 4) is 17.9 Å². The van der Waals surface area contributed by atoms with Crippen molar-refractivity contribution in [2.75, 3.05) is 32.0 Å². The van der Waals surface area contributed by atoms with Crippen molar-refractivity contribution >= 4 is 16.6 Å². The van der Waals surface area contributed by atoms with Crippen LogP contribution >= 0.6 is 0 Å². The van der Waals surface area contributed by atoms with Crippen LogP contribution in [0.25, 0.3) is 10.9 Å². The number of likely N-dealkylation sites (tertiary alicyclic amines) is 1. The highest BCUT2D eigenvalue weighted by Crippen LogP contribution is 2.29. The molecule has 4 rings (SSSR count). The summed E-state index contributed by atoms with van der Waals surface area (Å²) in [5, 5.41) is 16.1. The van der Waals surface area contributed by atoms with Gasteiger partial charge in [0, 0.05) is 18.0 Å². The third-order valence-electron chi connectivity index (χ3n) is 6.94. The summed E-state index contributed by atoms with van der Waals surface area (Å²) in [7, 11) is 2.08. The molecular formula is C29H32F4N6. The maximum Gasteiger partial charge on any atom is 0.406 e. The number of hydrogen-bond donors (Lipinski definition) is 2. The Morgan fingerprint density at radius 2 is 1.87 bits per heavy atom. The number of nitrogens with one attached hydrogen (secondary N) is 2. The lowest BCUT2D eigenvalue weighted by Gasteiger charge is -2.29. The summed E-state index contributed by atoms with van der Waals surface area (Å²) in [6.45, 7) is 4.77. The van der Waals surface area contributed by atoms with Crippen molar-refractivity contribution in [3.05, 3.63) is 59.3 Å². The van der Waals surface area contributed by atoms with E-state index < -0.39 is 24.0 Å². The SMILES string of the molecule is CN1CCC(NCc2cc(F)c3c(c2)cc(C#CCNc2ccc(C(C)(C)C#N)nc2)n3CC(F)(F)F)CC1. The number of pyridine rings is 1. The summed E-state index contributed by atoms with van der Waals surface area (Å²) < 4.78 is 56.2. The van der Waals surface area contributed by atoms with Gasteiger partial charge in [0.25, 0.3) is 0 Å². The van der Waals surface area contributed by atoms with Gasteiger partial charge in [-0.25, -0.2) is 4.39 Å². The first kappa shape index (κ1) is 28.4. The zero-order valence-electron chi connectivity index (χ0n) is 22.3. The van der Waals surface area contributed by atoms with Crippen LogP contribution in [0.5, 0.6) is 0 Å². The first-order valence-corrected chi connectivity index (χ1v) is 12.9. The van der Waals surface area contributed by atoms with E-state index in [1.807, 2.05) is 0 Å². The Labute approximate surface area is 226 Å². The van der Waals surface area contributed by atoms with E-state index in [4.69, 9.17) is 0 Å². The van der Waals surface area contributed by atoms with Gasteiger partial charge in [0.05, 0.1) is 46.8 Å². The zero-order chi connectivity index (χ0) is 28.2. The number of alkyl halides is 3. The van der Waals surface area contributed by atoms with Crippen molar-refractivity contribution in [1.29, 1.82) is 5.26 Å². The third kappa shape index (κ3) is 7.29. The monoisotopic (exact) mass is 540 g/mol. The second kappa shape index (κ2) is 11.6. The molecule has 1 aromatic carbocycles. The minimum Gasteiger partial charge on any atom is -0.373 e. The number of piperidine rings is 1. The number of aromatic nitrogens is 2. The van der Waals surface area contributed by atoms with Gasteiger partial charge in [-0.3, -0.25) is 4.98 Å². The van der Waals surface area contributed by atoms with Crippen LogP contribution in [-0.4, -0.2) is 53.4 Å². The lowest BCUT2D eigenvalue weighted by Crippen LogP contribution is -2.40. The summed E-state index contributed by atoms with van der Waals surface area (Å²) >= 11 is 0. The molecule has 1 saturated heterocycles. The Bertz CT molecular complexity index is 1400. The maximum absolute atomic E-state index is 15.2. The highest BCUT2D eigenvalue weighted by Gasteiger charge is 2.30. The molecule has 1 aliphatic heterocycles. The summed E-state index contributed by atoms with van der Waals surface area (Å²) in [5.41, 5.74) is 1.23. The molecule has 2 N–H and O–H groups in total. The van der Waals surface area contributed by atoms with Crippen LogP contribution in [0.1, 0.15) is 43.6 Å². The topological polar surface area (TPSA) is 68.9 Å². The van der Waals surface area contributed by atoms with Crippen LogP contribution in [0, 0.1) is 29.0 Å². The number of nitriles is 1. The average Bonchev–Trinajstić information content (AvgIpc) is 3.22. The van der Waals surface area contributed by atoms with E-state index in [2.05, 4.69) is 45.5 Å². The van der Waals surface area contributed by atoms with Gasteiger partial charge >= 0.3 is 6.18 Å².